The number of benzene rings is 1. The van der Waals surface area contributed by atoms with Crippen LogP contribution in [0.5, 0.6) is 5.75 Å². The van der Waals surface area contributed by atoms with Crippen molar-refractivity contribution in [1.82, 2.24) is 4.98 Å². The Morgan fingerprint density at radius 3 is 2.67 bits per heavy atom. The number of rotatable bonds is 4. The lowest BCUT2D eigenvalue weighted by molar-refractivity contribution is 0.190. The quantitative estimate of drug-likeness (QED) is 0.920. The van der Waals surface area contributed by atoms with Crippen LogP contribution in [0.1, 0.15) is 24.2 Å². The number of nitrogens with zero attached hydrogens (tertiary/aromatic N) is 1. The lowest BCUT2D eigenvalue weighted by atomic mass is 10.1. The smallest absolute Gasteiger partial charge is 0.125 e. The molecular weight excluding hydrogens is 250 g/mol. The molecule has 0 saturated carbocycles. The second kappa shape index (κ2) is 5.85. The highest BCUT2D eigenvalue weighted by atomic mass is 35.5. The Morgan fingerprint density at radius 2 is 2.00 bits per heavy atom. The number of aliphatic hydroxyl groups is 1. The van der Waals surface area contributed by atoms with E-state index in [4.69, 9.17) is 16.3 Å². The number of aromatic nitrogens is 1. The Hall–Kier alpha value is -1.58. The molecule has 0 amide bonds. The zero-order chi connectivity index (χ0) is 13.0. The van der Waals surface area contributed by atoms with Crippen LogP contribution in [0.3, 0.4) is 0 Å². The molecular formula is C14H14ClNO2. The second-order valence-corrected chi connectivity index (χ2v) is 4.44. The van der Waals surface area contributed by atoms with Crippen LogP contribution in [0, 0.1) is 0 Å². The number of pyridine rings is 1. The van der Waals surface area contributed by atoms with E-state index in [9.17, 15) is 5.11 Å². The summed E-state index contributed by atoms with van der Waals surface area (Å²) in [5.74, 6) is 0.645. The maximum atomic E-state index is 9.68. The van der Waals surface area contributed by atoms with E-state index in [-0.39, 0.29) is 0 Å². The van der Waals surface area contributed by atoms with E-state index in [0.717, 1.165) is 5.56 Å². The molecule has 2 rings (SSSR count). The van der Waals surface area contributed by atoms with Gasteiger partial charge in [0.1, 0.15) is 12.4 Å². The molecule has 94 valence electrons. The molecule has 1 aromatic carbocycles. The van der Waals surface area contributed by atoms with E-state index < -0.39 is 6.10 Å². The highest BCUT2D eigenvalue weighted by Crippen LogP contribution is 2.28. The van der Waals surface area contributed by atoms with Gasteiger partial charge in [0, 0.05) is 23.0 Å². The van der Waals surface area contributed by atoms with Crippen LogP contribution in [0.25, 0.3) is 0 Å². The molecule has 2 aromatic rings. The van der Waals surface area contributed by atoms with Crippen molar-refractivity contribution in [1.29, 1.82) is 0 Å². The molecule has 3 nitrogen and oxygen atoms in total. The molecule has 1 heterocycles. The predicted molar refractivity (Wildman–Crippen MR) is 70.7 cm³/mol. The molecule has 0 aliphatic rings. The Labute approximate surface area is 111 Å². The summed E-state index contributed by atoms with van der Waals surface area (Å²) in [6.45, 7) is 2.12. The highest BCUT2D eigenvalue weighted by Gasteiger charge is 2.10. The number of ether oxygens (including phenoxy) is 1. The molecule has 0 radical (unpaired) electrons. The molecule has 0 aliphatic heterocycles. The van der Waals surface area contributed by atoms with Gasteiger partial charge in [-0.2, -0.15) is 0 Å². The van der Waals surface area contributed by atoms with E-state index in [1.165, 1.54) is 0 Å². The molecule has 0 aliphatic carbocycles. The van der Waals surface area contributed by atoms with Crippen LogP contribution < -0.4 is 4.74 Å². The summed E-state index contributed by atoms with van der Waals surface area (Å²) in [5, 5.41) is 10.3. The van der Waals surface area contributed by atoms with Crippen molar-refractivity contribution in [3.63, 3.8) is 0 Å². The molecule has 1 unspecified atom stereocenters. The molecule has 18 heavy (non-hydrogen) atoms. The van der Waals surface area contributed by atoms with Crippen LogP contribution >= 0.6 is 11.6 Å². The molecule has 1 aromatic heterocycles. The summed E-state index contributed by atoms with van der Waals surface area (Å²) in [4.78, 5) is 3.94. The van der Waals surface area contributed by atoms with Crippen molar-refractivity contribution in [2.75, 3.05) is 0 Å². The summed E-state index contributed by atoms with van der Waals surface area (Å²) < 4.78 is 5.69. The predicted octanol–water partition coefficient (Wildman–Crippen LogP) is 3.37. The molecule has 1 atom stereocenters. The van der Waals surface area contributed by atoms with Gasteiger partial charge in [-0.25, -0.2) is 0 Å². The fourth-order valence-electron chi connectivity index (χ4n) is 1.62. The minimum absolute atomic E-state index is 0.434. The molecule has 0 saturated heterocycles. The minimum atomic E-state index is -0.615. The maximum absolute atomic E-state index is 9.68. The van der Waals surface area contributed by atoms with Crippen molar-refractivity contribution in [3.05, 3.63) is 58.9 Å². The Bertz CT molecular complexity index is 514. The molecule has 4 heteroatoms. The van der Waals surface area contributed by atoms with Gasteiger partial charge in [-0.3, -0.25) is 4.98 Å². The van der Waals surface area contributed by atoms with Crippen LogP contribution in [-0.4, -0.2) is 10.1 Å². The van der Waals surface area contributed by atoms with Crippen molar-refractivity contribution < 1.29 is 9.84 Å². The topological polar surface area (TPSA) is 42.4 Å². The van der Waals surface area contributed by atoms with Gasteiger partial charge >= 0.3 is 0 Å². The summed E-state index contributed by atoms with van der Waals surface area (Å²) in [7, 11) is 0. The number of hydrogen-bond donors (Lipinski definition) is 1. The van der Waals surface area contributed by atoms with Crippen LogP contribution in [0.2, 0.25) is 5.02 Å². The second-order valence-electron chi connectivity index (χ2n) is 4.00. The van der Waals surface area contributed by atoms with Crippen LogP contribution in [0.15, 0.2) is 42.7 Å². The lowest BCUT2D eigenvalue weighted by Gasteiger charge is -2.13. The molecule has 1 N–H and O–H groups in total. The van der Waals surface area contributed by atoms with Gasteiger partial charge in [0.05, 0.1) is 6.10 Å². The van der Waals surface area contributed by atoms with Crippen molar-refractivity contribution >= 4 is 11.6 Å². The van der Waals surface area contributed by atoms with Gasteiger partial charge in [-0.1, -0.05) is 11.6 Å². The first-order chi connectivity index (χ1) is 8.66. The third-order valence-electron chi connectivity index (χ3n) is 2.57. The SMILES string of the molecule is CC(O)c1cc(Cl)ccc1OCc1ccncc1. The first kappa shape index (κ1) is 12.9. The van der Waals surface area contributed by atoms with Gasteiger partial charge < -0.3 is 9.84 Å². The average molecular weight is 264 g/mol. The summed E-state index contributed by atoms with van der Waals surface area (Å²) in [6, 6.07) is 9.00. The molecule has 0 spiro atoms. The monoisotopic (exact) mass is 263 g/mol. The van der Waals surface area contributed by atoms with Gasteiger partial charge in [-0.05, 0) is 42.8 Å². The zero-order valence-electron chi connectivity index (χ0n) is 10.0. The number of hydrogen-bond acceptors (Lipinski definition) is 3. The van der Waals surface area contributed by atoms with Gasteiger partial charge in [0.25, 0.3) is 0 Å². The normalized spacial score (nSPS) is 12.2. The third-order valence-corrected chi connectivity index (χ3v) is 2.80. The molecule has 0 fully saturated rings. The highest BCUT2D eigenvalue weighted by molar-refractivity contribution is 6.30. The maximum Gasteiger partial charge on any atom is 0.125 e. The Morgan fingerprint density at radius 1 is 1.28 bits per heavy atom. The fraction of sp³-hybridized carbons (Fsp3) is 0.214. The Balaban J connectivity index is 2.14. The summed E-state index contributed by atoms with van der Waals surface area (Å²) in [5.41, 5.74) is 1.72. The fourth-order valence-corrected chi connectivity index (χ4v) is 1.80. The minimum Gasteiger partial charge on any atom is -0.489 e. The zero-order valence-corrected chi connectivity index (χ0v) is 10.8. The van der Waals surface area contributed by atoms with Gasteiger partial charge in [0.2, 0.25) is 0 Å². The van der Waals surface area contributed by atoms with Gasteiger partial charge in [-0.15, -0.1) is 0 Å². The van der Waals surface area contributed by atoms with Crippen molar-refractivity contribution in [2.45, 2.75) is 19.6 Å². The lowest BCUT2D eigenvalue weighted by Crippen LogP contribution is -2.01. The van der Waals surface area contributed by atoms with E-state index in [0.29, 0.717) is 22.9 Å². The first-order valence-electron chi connectivity index (χ1n) is 5.66. The standard InChI is InChI=1S/C14H14ClNO2/c1-10(17)13-8-12(15)2-3-14(13)18-9-11-4-6-16-7-5-11/h2-8,10,17H,9H2,1H3. The summed E-state index contributed by atoms with van der Waals surface area (Å²) >= 11 is 5.90. The van der Waals surface area contributed by atoms with Crippen LogP contribution in [-0.2, 0) is 6.61 Å². The number of aliphatic hydroxyl groups excluding tert-OH is 1. The van der Waals surface area contributed by atoms with E-state index in [1.54, 1.807) is 37.5 Å². The largest absolute Gasteiger partial charge is 0.489 e. The van der Waals surface area contributed by atoms with Crippen molar-refractivity contribution in [2.24, 2.45) is 0 Å². The van der Waals surface area contributed by atoms with E-state index in [2.05, 4.69) is 4.98 Å². The average Bonchev–Trinajstić information content (AvgIpc) is 2.38. The third kappa shape index (κ3) is 3.22. The van der Waals surface area contributed by atoms with E-state index in [1.807, 2.05) is 12.1 Å². The Kier molecular flexibility index (Phi) is 4.18. The first-order valence-corrected chi connectivity index (χ1v) is 6.04. The summed E-state index contributed by atoms with van der Waals surface area (Å²) in [6.07, 6.45) is 2.82. The van der Waals surface area contributed by atoms with Gasteiger partial charge in [0.15, 0.2) is 0 Å². The number of halogens is 1. The van der Waals surface area contributed by atoms with E-state index >= 15 is 0 Å². The molecule has 0 bridgehead atoms. The van der Waals surface area contributed by atoms with Crippen LogP contribution in [0.4, 0.5) is 0 Å². The van der Waals surface area contributed by atoms with Crippen molar-refractivity contribution in [3.8, 4) is 5.75 Å².